The first kappa shape index (κ1) is 18.6. The van der Waals surface area contributed by atoms with Crippen LogP contribution < -0.4 is 0 Å². The highest BCUT2D eigenvalue weighted by molar-refractivity contribution is 5.88. The van der Waals surface area contributed by atoms with Crippen LogP contribution in [-0.2, 0) is 6.42 Å². The molecule has 1 saturated carbocycles. The Morgan fingerprint density at radius 3 is 2.93 bits per heavy atom. The Bertz CT molecular complexity index is 1220. The number of hydrogen-bond acceptors (Lipinski definition) is 2. The van der Waals surface area contributed by atoms with Gasteiger partial charge in [-0.05, 0) is 47.6 Å². The second-order valence-electron chi connectivity index (χ2n) is 7.92. The van der Waals surface area contributed by atoms with E-state index in [-0.39, 0.29) is 0 Å². The topological polar surface area (TPSA) is 30.2 Å². The molecule has 0 bridgehead atoms. The molecular weight excluding hydrogens is 366 g/mol. The zero-order valence-electron chi connectivity index (χ0n) is 17.0. The summed E-state index contributed by atoms with van der Waals surface area (Å²) in [6, 6.07) is 14.9. The van der Waals surface area contributed by atoms with Crippen LogP contribution in [0.2, 0.25) is 0 Å². The third-order valence-electron chi connectivity index (χ3n) is 6.00. The normalized spacial score (nSPS) is 20.1. The van der Waals surface area contributed by atoms with E-state index in [1.54, 1.807) is 6.08 Å². The van der Waals surface area contributed by atoms with E-state index >= 15 is 0 Å². The molecule has 3 heteroatoms. The molecule has 0 saturated heterocycles. The lowest BCUT2D eigenvalue weighted by atomic mass is 10.0. The molecule has 0 radical (unpaired) electrons. The van der Waals surface area contributed by atoms with Crippen molar-refractivity contribution in [2.75, 3.05) is 6.54 Å². The summed E-state index contributed by atoms with van der Waals surface area (Å²) in [7, 11) is 0. The Labute approximate surface area is 177 Å². The van der Waals surface area contributed by atoms with Crippen LogP contribution in [0.3, 0.4) is 0 Å². The lowest BCUT2D eigenvalue weighted by Crippen LogP contribution is -2.04. The van der Waals surface area contributed by atoms with E-state index in [9.17, 15) is 0 Å². The van der Waals surface area contributed by atoms with Gasteiger partial charge in [0.15, 0.2) is 0 Å². The highest BCUT2D eigenvalue weighted by Crippen LogP contribution is 2.54. The van der Waals surface area contributed by atoms with Crippen molar-refractivity contribution in [1.29, 1.82) is 0 Å². The minimum Gasteiger partial charge on any atom is -0.298 e. The average Bonchev–Trinajstić information content (AvgIpc) is 3.48. The van der Waals surface area contributed by atoms with Crippen molar-refractivity contribution in [1.82, 2.24) is 9.55 Å². The monoisotopic (exact) mass is 391 g/mol. The lowest BCUT2D eigenvalue weighted by Gasteiger charge is -2.10. The predicted octanol–water partition coefficient (Wildman–Crippen LogP) is 5.96. The molecule has 1 fully saturated rings. The summed E-state index contributed by atoms with van der Waals surface area (Å²) in [4.78, 5) is 9.48. The number of hydrogen-bond donors (Lipinski definition) is 0. The Morgan fingerprint density at radius 1 is 1.17 bits per heavy atom. The number of aliphatic imine (C=N–C) groups is 1. The number of aromatic nitrogens is 2. The van der Waals surface area contributed by atoms with Gasteiger partial charge in [0, 0.05) is 23.7 Å². The highest BCUT2D eigenvalue weighted by Gasteiger charge is 2.41. The molecule has 0 N–H and O–H groups in total. The quantitative estimate of drug-likeness (QED) is 0.290. The summed E-state index contributed by atoms with van der Waals surface area (Å²) in [6.07, 6.45) is 14.3. The van der Waals surface area contributed by atoms with Crippen LogP contribution in [0, 0.1) is 5.92 Å². The zero-order chi connectivity index (χ0) is 20.5. The summed E-state index contributed by atoms with van der Waals surface area (Å²) < 4.78 is 2.35. The van der Waals surface area contributed by atoms with Crippen molar-refractivity contribution in [3.05, 3.63) is 109 Å². The number of allylic oxidation sites excluding steroid dienone is 4. The van der Waals surface area contributed by atoms with Crippen LogP contribution in [0.25, 0.3) is 16.7 Å². The molecule has 2 heterocycles. The zero-order valence-corrected chi connectivity index (χ0v) is 17.0. The molecule has 2 aliphatic rings. The Morgan fingerprint density at radius 2 is 2.07 bits per heavy atom. The summed E-state index contributed by atoms with van der Waals surface area (Å²) in [5.41, 5.74) is 6.03. The van der Waals surface area contributed by atoms with E-state index < -0.39 is 0 Å². The number of nitrogens with zero attached hydrogens (tertiary/aromatic N) is 3. The molecule has 30 heavy (non-hydrogen) atoms. The van der Waals surface area contributed by atoms with Crippen molar-refractivity contribution in [3.8, 4) is 5.82 Å². The highest BCUT2D eigenvalue weighted by atomic mass is 15.1. The summed E-state index contributed by atoms with van der Waals surface area (Å²) >= 11 is 0. The fourth-order valence-corrected chi connectivity index (χ4v) is 4.53. The van der Waals surface area contributed by atoms with Gasteiger partial charge in [0.1, 0.15) is 5.82 Å². The molecule has 5 rings (SSSR count). The third-order valence-corrected chi connectivity index (χ3v) is 6.00. The summed E-state index contributed by atoms with van der Waals surface area (Å²) in [6.45, 7) is 8.13. The molecule has 148 valence electrons. The van der Waals surface area contributed by atoms with Crippen molar-refractivity contribution < 1.29 is 0 Å². The molecule has 0 amide bonds. The van der Waals surface area contributed by atoms with Gasteiger partial charge in [-0.1, -0.05) is 67.8 Å². The van der Waals surface area contributed by atoms with Crippen LogP contribution in [0.4, 0.5) is 0 Å². The molecular formula is C27H25N3. The van der Waals surface area contributed by atoms with E-state index in [0.717, 1.165) is 23.5 Å². The van der Waals surface area contributed by atoms with E-state index in [1.807, 2.05) is 24.4 Å². The van der Waals surface area contributed by atoms with Crippen molar-refractivity contribution in [2.24, 2.45) is 10.9 Å². The first-order valence-corrected chi connectivity index (χ1v) is 10.5. The van der Waals surface area contributed by atoms with Crippen LogP contribution in [0.15, 0.2) is 96.6 Å². The lowest BCUT2D eigenvalue weighted by molar-refractivity contribution is 0.931. The number of benzene rings is 1. The second-order valence-corrected chi connectivity index (χ2v) is 7.92. The number of fused-ring (bicyclic) bond motifs is 5. The van der Waals surface area contributed by atoms with Crippen molar-refractivity contribution >= 4 is 17.1 Å². The number of pyridine rings is 1. The third kappa shape index (κ3) is 3.26. The van der Waals surface area contributed by atoms with E-state index in [1.165, 1.54) is 28.6 Å². The average molecular weight is 392 g/mol. The molecule has 2 atom stereocenters. The Kier molecular flexibility index (Phi) is 4.80. The Balaban J connectivity index is 1.56. The van der Waals surface area contributed by atoms with Crippen molar-refractivity contribution in [3.63, 3.8) is 0 Å². The fraction of sp³-hybridized carbons (Fsp3) is 0.185. The van der Waals surface area contributed by atoms with Gasteiger partial charge in [-0.15, -0.1) is 0 Å². The Hall–Kier alpha value is -3.46. The smallest absolute Gasteiger partial charge is 0.138 e. The van der Waals surface area contributed by atoms with Gasteiger partial charge < -0.3 is 0 Å². The molecule has 2 aliphatic carbocycles. The van der Waals surface area contributed by atoms with E-state index in [2.05, 4.69) is 71.3 Å². The molecule has 0 aliphatic heterocycles. The maximum atomic E-state index is 4.94. The van der Waals surface area contributed by atoms with Gasteiger partial charge in [-0.25, -0.2) is 4.98 Å². The SMILES string of the molecule is C=C/C=C(\C=C)CN=Cc1cccc(-n2c3c(c4ccccc42)C2CC2C=CC3)n1. The van der Waals surface area contributed by atoms with Gasteiger partial charge >= 0.3 is 0 Å². The van der Waals surface area contributed by atoms with Crippen LogP contribution in [0.1, 0.15) is 29.3 Å². The molecule has 0 spiro atoms. The predicted molar refractivity (Wildman–Crippen MR) is 126 cm³/mol. The standard InChI is InChI=1S/C27H25N3/c1-3-9-19(4-2)17-28-18-21-11-8-15-26(29-21)30-24-13-6-5-12-22(24)27-23-16-20(23)10-7-14-25(27)30/h3-13,15,18,20,23H,1-2,14,16-17H2/b19-9+,28-18?. The van der Waals surface area contributed by atoms with Crippen LogP contribution in [0.5, 0.6) is 0 Å². The summed E-state index contributed by atoms with van der Waals surface area (Å²) in [5, 5.41) is 1.37. The molecule has 3 nitrogen and oxygen atoms in total. The number of para-hydroxylation sites is 1. The first-order chi connectivity index (χ1) is 14.8. The van der Waals surface area contributed by atoms with Gasteiger partial charge in [-0.2, -0.15) is 0 Å². The molecule has 1 aromatic carbocycles. The maximum absolute atomic E-state index is 4.94. The van der Waals surface area contributed by atoms with Crippen molar-refractivity contribution in [2.45, 2.75) is 18.8 Å². The largest absolute Gasteiger partial charge is 0.298 e. The number of rotatable bonds is 6. The second kappa shape index (κ2) is 7.75. The molecule has 2 unspecified atom stereocenters. The maximum Gasteiger partial charge on any atom is 0.138 e. The van der Waals surface area contributed by atoms with Gasteiger partial charge in [-0.3, -0.25) is 9.56 Å². The molecule has 2 aromatic heterocycles. The van der Waals surface area contributed by atoms with Crippen LogP contribution >= 0.6 is 0 Å². The van der Waals surface area contributed by atoms with Gasteiger partial charge in [0.25, 0.3) is 0 Å². The minimum absolute atomic E-state index is 0.567. The van der Waals surface area contributed by atoms with Gasteiger partial charge in [0.2, 0.25) is 0 Å². The summed E-state index contributed by atoms with van der Waals surface area (Å²) in [5.74, 6) is 2.32. The van der Waals surface area contributed by atoms with Gasteiger partial charge in [0.05, 0.1) is 17.8 Å². The minimum atomic E-state index is 0.567. The van der Waals surface area contributed by atoms with Crippen LogP contribution in [-0.4, -0.2) is 22.3 Å². The first-order valence-electron chi connectivity index (χ1n) is 10.5. The molecule has 3 aromatic rings. The fourth-order valence-electron chi connectivity index (χ4n) is 4.53. The van der Waals surface area contributed by atoms with E-state index in [0.29, 0.717) is 18.4 Å². The van der Waals surface area contributed by atoms with E-state index in [4.69, 9.17) is 4.98 Å².